The summed E-state index contributed by atoms with van der Waals surface area (Å²) in [5, 5.41) is 5.07. The second-order valence-corrected chi connectivity index (χ2v) is 3.76. The van der Waals surface area contributed by atoms with Crippen molar-refractivity contribution in [2.45, 2.75) is 19.4 Å². The third-order valence-electron chi connectivity index (χ3n) is 2.60. The summed E-state index contributed by atoms with van der Waals surface area (Å²) in [6.45, 7) is 3.07. The van der Waals surface area contributed by atoms with Crippen molar-refractivity contribution in [3.63, 3.8) is 0 Å². The molecule has 1 unspecified atom stereocenters. The van der Waals surface area contributed by atoms with Crippen LogP contribution in [0, 0.1) is 0 Å². The van der Waals surface area contributed by atoms with Crippen molar-refractivity contribution in [2.75, 3.05) is 26.2 Å². The molecule has 1 fully saturated rings. The Bertz CT molecular complexity index is 319. The molecule has 1 aliphatic rings. The highest BCUT2D eigenvalue weighted by Crippen LogP contribution is 2.08. The maximum Gasteiger partial charge on any atom is 0.312 e. The Morgan fingerprint density at radius 2 is 2.29 bits per heavy atom. The van der Waals surface area contributed by atoms with E-state index in [1.165, 1.54) is 4.90 Å². The van der Waals surface area contributed by atoms with Gasteiger partial charge in [-0.1, -0.05) is 6.92 Å². The number of nitrogens with one attached hydrogen (secondary N) is 2. The van der Waals surface area contributed by atoms with Crippen LogP contribution in [0.15, 0.2) is 0 Å². The molecule has 1 atom stereocenters. The molecule has 7 heteroatoms. The quantitative estimate of drug-likeness (QED) is 0.488. The number of rotatable bonds is 3. The lowest BCUT2D eigenvalue weighted by molar-refractivity contribution is -0.151. The van der Waals surface area contributed by atoms with E-state index in [0.717, 1.165) is 0 Å². The molecule has 1 aliphatic heterocycles. The lowest BCUT2D eigenvalue weighted by Gasteiger charge is -2.33. The second kappa shape index (κ2) is 6.19. The van der Waals surface area contributed by atoms with Gasteiger partial charge in [-0.15, -0.1) is 0 Å². The molecule has 0 radical (unpaired) electrons. The minimum absolute atomic E-state index is 0.210. The Kier molecular flexibility index (Phi) is 4.89. The molecule has 3 amide bonds. The molecule has 1 heterocycles. The maximum absolute atomic E-state index is 11.8. The summed E-state index contributed by atoms with van der Waals surface area (Å²) in [5.41, 5.74) is 5.23. The van der Waals surface area contributed by atoms with E-state index in [2.05, 4.69) is 10.6 Å². The van der Waals surface area contributed by atoms with Gasteiger partial charge in [-0.25, -0.2) is 0 Å². The van der Waals surface area contributed by atoms with Crippen LogP contribution in [0.1, 0.15) is 13.3 Å². The van der Waals surface area contributed by atoms with Gasteiger partial charge in [0.2, 0.25) is 5.91 Å². The highest BCUT2D eigenvalue weighted by atomic mass is 16.2. The van der Waals surface area contributed by atoms with Gasteiger partial charge >= 0.3 is 11.8 Å². The smallest absolute Gasteiger partial charge is 0.312 e. The lowest BCUT2D eigenvalue weighted by atomic mass is 10.1. The summed E-state index contributed by atoms with van der Waals surface area (Å²) < 4.78 is 0. The first-order valence-corrected chi connectivity index (χ1v) is 5.68. The standard InChI is InChI=1S/C10H18N4O3/c1-2-7-8(15)13-5-6-14(7)10(17)9(16)12-4-3-11/h7H,2-6,11H2,1H3,(H,12,16)(H,13,15). The van der Waals surface area contributed by atoms with Crippen molar-refractivity contribution in [1.82, 2.24) is 15.5 Å². The van der Waals surface area contributed by atoms with E-state index in [9.17, 15) is 14.4 Å². The number of nitrogens with two attached hydrogens (primary N) is 1. The first-order chi connectivity index (χ1) is 8.11. The van der Waals surface area contributed by atoms with Gasteiger partial charge in [0.1, 0.15) is 6.04 Å². The molecule has 0 saturated carbocycles. The number of nitrogens with zero attached hydrogens (tertiary/aromatic N) is 1. The van der Waals surface area contributed by atoms with E-state index in [0.29, 0.717) is 19.5 Å². The summed E-state index contributed by atoms with van der Waals surface area (Å²) in [5.74, 6) is -1.58. The molecule has 0 aliphatic carbocycles. The molecular formula is C10H18N4O3. The second-order valence-electron chi connectivity index (χ2n) is 3.76. The average Bonchev–Trinajstić information content (AvgIpc) is 2.34. The largest absolute Gasteiger partial charge is 0.353 e. The van der Waals surface area contributed by atoms with Crippen LogP contribution < -0.4 is 16.4 Å². The highest BCUT2D eigenvalue weighted by molar-refractivity contribution is 6.35. The summed E-state index contributed by atoms with van der Waals surface area (Å²) in [4.78, 5) is 36.1. The number of hydrogen-bond donors (Lipinski definition) is 3. The Hall–Kier alpha value is -1.63. The number of carbonyl (C=O) groups is 3. The van der Waals surface area contributed by atoms with E-state index in [-0.39, 0.29) is 19.0 Å². The number of amides is 3. The maximum atomic E-state index is 11.8. The molecule has 0 bridgehead atoms. The van der Waals surface area contributed by atoms with E-state index >= 15 is 0 Å². The number of piperazine rings is 1. The van der Waals surface area contributed by atoms with E-state index in [1.54, 1.807) is 6.92 Å². The van der Waals surface area contributed by atoms with Crippen LogP contribution in [0.2, 0.25) is 0 Å². The molecule has 4 N–H and O–H groups in total. The Labute approximate surface area is 99.7 Å². The summed E-state index contributed by atoms with van der Waals surface area (Å²) >= 11 is 0. The molecule has 1 rings (SSSR count). The van der Waals surface area contributed by atoms with Crippen LogP contribution in [0.3, 0.4) is 0 Å². The lowest BCUT2D eigenvalue weighted by Crippen LogP contribution is -2.59. The minimum atomic E-state index is -0.705. The fourth-order valence-electron chi connectivity index (χ4n) is 1.76. The SMILES string of the molecule is CCC1C(=O)NCCN1C(=O)C(=O)NCCN. The van der Waals surface area contributed by atoms with Crippen molar-refractivity contribution < 1.29 is 14.4 Å². The average molecular weight is 242 g/mol. The first kappa shape index (κ1) is 13.4. The minimum Gasteiger partial charge on any atom is -0.353 e. The van der Waals surface area contributed by atoms with Crippen LogP contribution >= 0.6 is 0 Å². The van der Waals surface area contributed by atoms with Crippen molar-refractivity contribution >= 4 is 17.7 Å². The molecule has 0 aromatic rings. The Balaban J connectivity index is 2.65. The summed E-state index contributed by atoms with van der Waals surface area (Å²) in [6, 6.07) is -0.556. The van der Waals surface area contributed by atoms with Crippen molar-refractivity contribution in [3.05, 3.63) is 0 Å². The fourth-order valence-corrected chi connectivity index (χ4v) is 1.76. The van der Waals surface area contributed by atoms with Crippen LogP contribution in [0.25, 0.3) is 0 Å². The zero-order valence-electron chi connectivity index (χ0n) is 9.86. The van der Waals surface area contributed by atoms with Crippen molar-refractivity contribution in [2.24, 2.45) is 5.73 Å². The summed E-state index contributed by atoms with van der Waals surface area (Å²) in [6.07, 6.45) is 0.488. The summed E-state index contributed by atoms with van der Waals surface area (Å²) in [7, 11) is 0. The van der Waals surface area contributed by atoms with Gasteiger partial charge < -0.3 is 21.3 Å². The number of carbonyl (C=O) groups excluding carboxylic acids is 3. The van der Waals surface area contributed by atoms with Gasteiger partial charge in [0, 0.05) is 26.2 Å². The Morgan fingerprint density at radius 1 is 1.59 bits per heavy atom. The molecule has 0 aromatic heterocycles. The topological polar surface area (TPSA) is 105 Å². The monoisotopic (exact) mass is 242 g/mol. The molecule has 17 heavy (non-hydrogen) atoms. The van der Waals surface area contributed by atoms with Gasteiger partial charge in [-0.05, 0) is 6.42 Å². The number of hydrogen-bond acceptors (Lipinski definition) is 4. The predicted octanol–water partition coefficient (Wildman–Crippen LogP) is -2.20. The zero-order valence-corrected chi connectivity index (χ0v) is 9.86. The Morgan fingerprint density at radius 3 is 2.88 bits per heavy atom. The fraction of sp³-hybridized carbons (Fsp3) is 0.700. The van der Waals surface area contributed by atoms with Gasteiger partial charge in [0.05, 0.1) is 0 Å². The molecule has 1 saturated heterocycles. The highest BCUT2D eigenvalue weighted by Gasteiger charge is 2.34. The third kappa shape index (κ3) is 3.16. The van der Waals surface area contributed by atoms with Gasteiger partial charge in [0.25, 0.3) is 0 Å². The molecule has 0 aromatic carbocycles. The third-order valence-corrected chi connectivity index (χ3v) is 2.60. The molecular weight excluding hydrogens is 224 g/mol. The predicted molar refractivity (Wildman–Crippen MR) is 60.9 cm³/mol. The van der Waals surface area contributed by atoms with E-state index in [1.807, 2.05) is 0 Å². The van der Waals surface area contributed by atoms with Crippen LogP contribution in [-0.4, -0.2) is 54.8 Å². The van der Waals surface area contributed by atoms with Crippen LogP contribution in [0.5, 0.6) is 0 Å². The van der Waals surface area contributed by atoms with Crippen molar-refractivity contribution in [3.8, 4) is 0 Å². The molecule has 96 valence electrons. The normalized spacial score (nSPS) is 19.8. The van der Waals surface area contributed by atoms with E-state index in [4.69, 9.17) is 5.73 Å². The van der Waals surface area contributed by atoms with Crippen LogP contribution in [-0.2, 0) is 14.4 Å². The zero-order chi connectivity index (χ0) is 12.8. The van der Waals surface area contributed by atoms with Gasteiger partial charge in [-0.2, -0.15) is 0 Å². The van der Waals surface area contributed by atoms with Gasteiger partial charge in [0.15, 0.2) is 0 Å². The van der Waals surface area contributed by atoms with E-state index < -0.39 is 17.9 Å². The van der Waals surface area contributed by atoms with Crippen molar-refractivity contribution in [1.29, 1.82) is 0 Å². The van der Waals surface area contributed by atoms with Crippen LogP contribution in [0.4, 0.5) is 0 Å². The first-order valence-electron chi connectivity index (χ1n) is 5.68. The van der Waals surface area contributed by atoms with Gasteiger partial charge in [-0.3, -0.25) is 14.4 Å². The molecule has 0 spiro atoms. The molecule has 7 nitrogen and oxygen atoms in total.